The lowest BCUT2D eigenvalue weighted by molar-refractivity contribution is 0.108. The monoisotopic (exact) mass is 319 g/mol. The Kier molecular flexibility index (Phi) is 10.7. The number of guanidine groups is 1. The summed E-state index contributed by atoms with van der Waals surface area (Å²) in [5.41, 5.74) is 0. The Hall–Kier alpha value is -0.620. The highest BCUT2D eigenvalue weighted by Gasteiger charge is 2.18. The van der Waals surface area contributed by atoms with E-state index < -0.39 is 10.8 Å². The molecule has 1 unspecified atom stereocenters. The highest BCUT2D eigenvalue weighted by molar-refractivity contribution is 7.86. The van der Waals surface area contributed by atoms with Crippen LogP contribution in [0.1, 0.15) is 41.0 Å². The number of hydrogen-bond donors (Lipinski definition) is 2. The highest BCUT2D eigenvalue weighted by Crippen LogP contribution is 2.10. The number of nitrogens with one attached hydrogen (secondary N) is 2. The standard InChI is InChI=1S/C15H33N3O2S/c1-13(2)12-20-10-7-8-17-14(16-6)18-9-11-21(19)15(3,4)5/h13H,7-12H2,1-6H3,(H2,16,17,18). The van der Waals surface area contributed by atoms with Crippen molar-refractivity contribution in [2.75, 3.05) is 39.1 Å². The van der Waals surface area contributed by atoms with E-state index in [1.807, 2.05) is 20.8 Å². The molecular weight excluding hydrogens is 286 g/mol. The van der Waals surface area contributed by atoms with Gasteiger partial charge in [-0.3, -0.25) is 9.20 Å². The van der Waals surface area contributed by atoms with Gasteiger partial charge in [-0.05, 0) is 33.1 Å². The van der Waals surface area contributed by atoms with Crippen LogP contribution in [-0.2, 0) is 15.5 Å². The van der Waals surface area contributed by atoms with E-state index in [2.05, 4.69) is 29.5 Å². The number of nitrogens with zero attached hydrogens (tertiary/aromatic N) is 1. The first-order valence-corrected chi connectivity index (χ1v) is 9.00. The van der Waals surface area contributed by atoms with E-state index in [0.717, 1.165) is 32.1 Å². The van der Waals surface area contributed by atoms with Crippen molar-refractivity contribution in [1.29, 1.82) is 0 Å². The van der Waals surface area contributed by atoms with Crippen LogP contribution in [0.25, 0.3) is 0 Å². The van der Waals surface area contributed by atoms with Gasteiger partial charge in [0.15, 0.2) is 5.96 Å². The highest BCUT2D eigenvalue weighted by atomic mass is 32.2. The normalized spacial score (nSPS) is 14.3. The lowest BCUT2D eigenvalue weighted by Crippen LogP contribution is -2.40. The van der Waals surface area contributed by atoms with Gasteiger partial charge in [0.25, 0.3) is 0 Å². The van der Waals surface area contributed by atoms with Crippen LogP contribution in [-0.4, -0.2) is 54.0 Å². The molecule has 21 heavy (non-hydrogen) atoms. The summed E-state index contributed by atoms with van der Waals surface area (Å²) in [7, 11) is 0.906. The fourth-order valence-corrected chi connectivity index (χ4v) is 2.39. The van der Waals surface area contributed by atoms with E-state index in [9.17, 15) is 4.21 Å². The first kappa shape index (κ1) is 20.4. The molecule has 0 amide bonds. The van der Waals surface area contributed by atoms with E-state index in [4.69, 9.17) is 4.74 Å². The van der Waals surface area contributed by atoms with Crippen molar-refractivity contribution >= 4 is 16.8 Å². The maximum Gasteiger partial charge on any atom is 0.191 e. The number of rotatable bonds is 9. The largest absolute Gasteiger partial charge is 0.381 e. The Bertz CT molecular complexity index is 325. The molecule has 0 aromatic carbocycles. The van der Waals surface area contributed by atoms with Crippen LogP contribution in [0, 0.1) is 5.92 Å². The van der Waals surface area contributed by atoms with Gasteiger partial charge in [-0.1, -0.05) is 13.8 Å². The average Bonchev–Trinajstić information content (AvgIpc) is 2.38. The molecule has 0 radical (unpaired) electrons. The SMILES string of the molecule is CN=C(NCCCOCC(C)C)NCCS(=O)C(C)(C)C. The van der Waals surface area contributed by atoms with Crippen molar-refractivity contribution in [2.24, 2.45) is 10.9 Å². The van der Waals surface area contributed by atoms with Crippen LogP contribution in [0.4, 0.5) is 0 Å². The van der Waals surface area contributed by atoms with Crippen LogP contribution < -0.4 is 10.6 Å². The van der Waals surface area contributed by atoms with Gasteiger partial charge < -0.3 is 15.4 Å². The lowest BCUT2D eigenvalue weighted by atomic mass is 10.2. The molecular formula is C15H33N3O2S. The van der Waals surface area contributed by atoms with Gasteiger partial charge in [0.05, 0.1) is 0 Å². The van der Waals surface area contributed by atoms with Crippen LogP contribution in [0.5, 0.6) is 0 Å². The van der Waals surface area contributed by atoms with Gasteiger partial charge in [0.2, 0.25) is 0 Å². The summed E-state index contributed by atoms with van der Waals surface area (Å²) in [4.78, 5) is 4.15. The van der Waals surface area contributed by atoms with Crippen molar-refractivity contribution in [3.8, 4) is 0 Å². The van der Waals surface area contributed by atoms with Crippen molar-refractivity contribution in [3.63, 3.8) is 0 Å². The lowest BCUT2D eigenvalue weighted by Gasteiger charge is -2.18. The zero-order chi connectivity index (χ0) is 16.3. The summed E-state index contributed by atoms with van der Waals surface area (Å²) >= 11 is 0. The van der Waals surface area contributed by atoms with E-state index >= 15 is 0 Å². The summed E-state index contributed by atoms with van der Waals surface area (Å²) in [5.74, 6) is 1.96. The number of hydrogen-bond acceptors (Lipinski definition) is 3. The molecule has 5 nitrogen and oxygen atoms in total. The van der Waals surface area contributed by atoms with Crippen LogP contribution >= 0.6 is 0 Å². The summed E-state index contributed by atoms with van der Waals surface area (Å²) in [6, 6.07) is 0. The Morgan fingerprint density at radius 1 is 1.24 bits per heavy atom. The molecule has 0 saturated carbocycles. The van der Waals surface area contributed by atoms with Gasteiger partial charge in [0.1, 0.15) is 0 Å². The Balaban J connectivity index is 3.71. The molecule has 0 heterocycles. The average molecular weight is 320 g/mol. The first-order valence-electron chi connectivity index (χ1n) is 7.68. The molecule has 0 aliphatic heterocycles. The third-order valence-electron chi connectivity index (χ3n) is 2.70. The molecule has 126 valence electrons. The van der Waals surface area contributed by atoms with E-state index in [1.54, 1.807) is 7.05 Å². The Morgan fingerprint density at radius 2 is 1.86 bits per heavy atom. The Labute approximate surface area is 132 Å². The van der Waals surface area contributed by atoms with Crippen molar-refractivity contribution in [3.05, 3.63) is 0 Å². The van der Waals surface area contributed by atoms with E-state index in [-0.39, 0.29) is 4.75 Å². The molecule has 6 heteroatoms. The molecule has 0 aliphatic rings. The molecule has 0 aliphatic carbocycles. The second-order valence-corrected chi connectivity index (χ2v) is 8.73. The minimum absolute atomic E-state index is 0.160. The zero-order valence-corrected chi connectivity index (χ0v) is 15.3. The van der Waals surface area contributed by atoms with Crippen molar-refractivity contribution in [1.82, 2.24) is 10.6 Å². The molecule has 0 aromatic heterocycles. The summed E-state index contributed by atoms with van der Waals surface area (Å²) in [6.07, 6.45) is 0.946. The maximum absolute atomic E-state index is 11.9. The number of aliphatic imine (C=N–C) groups is 1. The molecule has 0 spiro atoms. The smallest absolute Gasteiger partial charge is 0.191 e. The number of ether oxygens (including phenoxy) is 1. The summed E-state index contributed by atoms with van der Waals surface area (Å²) < 4.78 is 17.3. The van der Waals surface area contributed by atoms with Crippen LogP contribution in [0.15, 0.2) is 4.99 Å². The second kappa shape index (κ2) is 11.0. The Morgan fingerprint density at radius 3 is 2.38 bits per heavy atom. The predicted octanol–water partition coefficient (Wildman–Crippen LogP) is 1.76. The van der Waals surface area contributed by atoms with E-state index in [0.29, 0.717) is 18.2 Å². The van der Waals surface area contributed by atoms with Crippen LogP contribution in [0.2, 0.25) is 0 Å². The molecule has 0 bridgehead atoms. The molecule has 0 aromatic rings. The fourth-order valence-electron chi connectivity index (χ4n) is 1.49. The second-order valence-electron chi connectivity index (χ2n) is 6.41. The maximum atomic E-state index is 11.9. The summed E-state index contributed by atoms with van der Waals surface area (Å²) in [6.45, 7) is 13.3. The predicted molar refractivity (Wildman–Crippen MR) is 92.4 cm³/mol. The van der Waals surface area contributed by atoms with Gasteiger partial charge in [-0.2, -0.15) is 0 Å². The van der Waals surface area contributed by atoms with Gasteiger partial charge in [-0.15, -0.1) is 0 Å². The first-order chi connectivity index (χ1) is 9.77. The van der Waals surface area contributed by atoms with Crippen LogP contribution in [0.3, 0.4) is 0 Å². The molecule has 0 fully saturated rings. The fraction of sp³-hybridized carbons (Fsp3) is 0.933. The molecule has 0 rings (SSSR count). The minimum atomic E-state index is -0.836. The quantitative estimate of drug-likeness (QED) is 0.386. The van der Waals surface area contributed by atoms with Gasteiger partial charge in [0, 0.05) is 54.7 Å². The third kappa shape index (κ3) is 11.7. The molecule has 1 atom stereocenters. The van der Waals surface area contributed by atoms with E-state index in [1.165, 1.54) is 0 Å². The van der Waals surface area contributed by atoms with Gasteiger partial charge in [-0.25, -0.2) is 0 Å². The third-order valence-corrected chi connectivity index (χ3v) is 4.64. The van der Waals surface area contributed by atoms with Gasteiger partial charge >= 0.3 is 0 Å². The minimum Gasteiger partial charge on any atom is -0.381 e. The topological polar surface area (TPSA) is 62.7 Å². The molecule has 2 N–H and O–H groups in total. The van der Waals surface area contributed by atoms with Crippen molar-refractivity contribution < 1.29 is 8.95 Å². The molecule has 0 saturated heterocycles. The summed E-state index contributed by atoms with van der Waals surface area (Å²) in [5, 5.41) is 6.42. The van der Waals surface area contributed by atoms with Crippen molar-refractivity contribution in [2.45, 2.75) is 45.8 Å². The zero-order valence-electron chi connectivity index (χ0n) is 14.5.